The van der Waals surface area contributed by atoms with Crippen molar-refractivity contribution in [2.24, 2.45) is 23.7 Å². The third kappa shape index (κ3) is 6.69. The lowest BCUT2D eigenvalue weighted by molar-refractivity contribution is -0.131. The summed E-state index contributed by atoms with van der Waals surface area (Å²) < 4.78 is 5.17. The summed E-state index contributed by atoms with van der Waals surface area (Å²) in [5.74, 6) is 2.14. The second-order valence-electron chi connectivity index (χ2n) is 9.67. The number of pyridine rings is 1. The lowest BCUT2D eigenvalue weighted by Crippen LogP contribution is -2.38. The molecular weight excluding hydrogens is 426 g/mol. The molecule has 34 heavy (non-hydrogen) atoms. The summed E-state index contributed by atoms with van der Waals surface area (Å²) in [5, 5.41) is 3.11. The number of carbonyl (C=O) groups is 2. The van der Waals surface area contributed by atoms with Gasteiger partial charge in [0.1, 0.15) is 5.75 Å². The van der Waals surface area contributed by atoms with E-state index < -0.39 is 0 Å². The Morgan fingerprint density at radius 3 is 2.56 bits per heavy atom. The van der Waals surface area contributed by atoms with Crippen molar-refractivity contribution in [3.63, 3.8) is 0 Å². The first kappa shape index (κ1) is 25.5. The number of amides is 2. The molecule has 0 spiro atoms. The van der Waals surface area contributed by atoms with Crippen LogP contribution in [0.3, 0.4) is 0 Å². The van der Waals surface area contributed by atoms with E-state index in [1.807, 2.05) is 19.2 Å². The third-order valence-corrected chi connectivity index (χ3v) is 6.92. The molecule has 1 aliphatic carbocycles. The largest absolute Gasteiger partial charge is 0.497 e. The van der Waals surface area contributed by atoms with Crippen molar-refractivity contribution in [1.29, 1.82) is 0 Å². The number of methoxy groups -OCH3 is 1. The fraction of sp³-hybridized carbons (Fsp3) is 0.464. The number of nitrogens with one attached hydrogen (secondary N) is 1. The lowest BCUT2D eigenvalue weighted by atomic mass is 9.69. The van der Waals surface area contributed by atoms with E-state index in [0.717, 1.165) is 17.7 Å². The molecule has 1 aromatic heterocycles. The number of nitrogens with zero attached hydrogens (tertiary/aromatic N) is 2. The van der Waals surface area contributed by atoms with Gasteiger partial charge in [0.15, 0.2) is 0 Å². The first-order chi connectivity index (χ1) is 16.3. The topological polar surface area (TPSA) is 71.5 Å². The molecular formula is C28H37N3O3. The van der Waals surface area contributed by atoms with Crippen LogP contribution in [0.2, 0.25) is 0 Å². The molecule has 1 N–H and O–H groups in total. The molecule has 3 unspecified atom stereocenters. The second kappa shape index (κ2) is 11.8. The fourth-order valence-electron chi connectivity index (χ4n) is 4.78. The summed E-state index contributed by atoms with van der Waals surface area (Å²) >= 11 is 0. The van der Waals surface area contributed by atoms with Crippen molar-refractivity contribution in [2.45, 2.75) is 40.2 Å². The Labute approximate surface area is 203 Å². The normalized spacial score (nSPS) is 19.9. The molecule has 0 saturated carbocycles. The van der Waals surface area contributed by atoms with E-state index in [4.69, 9.17) is 4.74 Å². The summed E-state index contributed by atoms with van der Waals surface area (Å²) in [6.45, 7) is 7.73. The molecule has 2 amide bonds. The van der Waals surface area contributed by atoms with Crippen LogP contribution >= 0.6 is 0 Å². The molecule has 2 aromatic rings. The van der Waals surface area contributed by atoms with E-state index in [9.17, 15) is 9.59 Å². The van der Waals surface area contributed by atoms with Gasteiger partial charge in [0, 0.05) is 44.5 Å². The first-order valence-corrected chi connectivity index (χ1v) is 12.0. The molecule has 0 fully saturated rings. The van der Waals surface area contributed by atoms with Crippen molar-refractivity contribution in [3.05, 3.63) is 71.6 Å². The van der Waals surface area contributed by atoms with Crippen molar-refractivity contribution in [1.82, 2.24) is 15.2 Å². The van der Waals surface area contributed by atoms with Gasteiger partial charge in [-0.15, -0.1) is 0 Å². The van der Waals surface area contributed by atoms with Gasteiger partial charge in [0.05, 0.1) is 7.11 Å². The molecule has 0 saturated heterocycles. The van der Waals surface area contributed by atoms with Crippen LogP contribution in [0.4, 0.5) is 0 Å². The van der Waals surface area contributed by atoms with Gasteiger partial charge < -0.3 is 15.0 Å². The molecule has 6 heteroatoms. The number of benzene rings is 1. The fourth-order valence-corrected chi connectivity index (χ4v) is 4.78. The monoisotopic (exact) mass is 463 g/mol. The Bertz CT molecular complexity index is 986. The number of aromatic nitrogens is 1. The zero-order valence-corrected chi connectivity index (χ0v) is 21.0. The number of carbonyl (C=O) groups excluding carboxylic acids is 2. The molecule has 3 rings (SSSR count). The van der Waals surface area contributed by atoms with Crippen LogP contribution in [0.15, 0.2) is 60.4 Å². The first-order valence-electron chi connectivity index (χ1n) is 12.0. The van der Waals surface area contributed by atoms with Gasteiger partial charge in [-0.2, -0.15) is 0 Å². The zero-order chi connectivity index (χ0) is 24.7. The summed E-state index contributed by atoms with van der Waals surface area (Å²) in [5.41, 5.74) is 2.89. The Morgan fingerprint density at radius 1 is 1.21 bits per heavy atom. The highest BCUT2D eigenvalue weighted by molar-refractivity contribution is 5.94. The lowest BCUT2D eigenvalue weighted by Gasteiger charge is -2.37. The van der Waals surface area contributed by atoms with Crippen LogP contribution in [0.5, 0.6) is 5.75 Å². The molecule has 1 aromatic carbocycles. The second-order valence-corrected chi connectivity index (χ2v) is 9.67. The smallest absolute Gasteiger partial charge is 0.251 e. The maximum absolute atomic E-state index is 12.9. The minimum atomic E-state index is -0.0782. The van der Waals surface area contributed by atoms with Crippen LogP contribution in [-0.4, -0.2) is 42.4 Å². The maximum Gasteiger partial charge on any atom is 0.251 e. The standard InChI is InChI=1S/C28H37N3O3/c1-19(2)26-14-23(15-27(32)31(4)18-21-7-6-12-29-16-21)20(3)13-24(26)17-30-28(33)22-8-10-25(34-5)11-9-22/h6-13,16,19,23-24,26H,14-15,17-18H2,1-5H3,(H,30,33). The van der Waals surface area contributed by atoms with Crippen LogP contribution in [0.25, 0.3) is 0 Å². The molecule has 6 nitrogen and oxygen atoms in total. The Kier molecular flexibility index (Phi) is 8.85. The van der Waals surface area contributed by atoms with Crippen molar-refractivity contribution < 1.29 is 14.3 Å². The van der Waals surface area contributed by atoms with Gasteiger partial charge >= 0.3 is 0 Å². The summed E-state index contributed by atoms with van der Waals surface area (Å²) in [4.78, 5) is 31.5. The van der Waals surface area contributed by atoms with Gasteiger partial charge in [0.25, 0.3) is 5.91 Å². The SMILES string of the molecule is COc1ccc(C(=O)NCC2C=C(C)C(CC(=O)N(C)Cc3cccnc3)CC2C(C)C)cc1. The van der Waals surface area contributed by atoms with Crippen LogP contribution in [-0.2, 0) is 11.3 Å². The molecule has 1 aliphatic rings. The van der Waals surface area contributed by atoms with E-state index >= 15 is 0 Å². The van der Waals surface area contributed by atoms with E-state index in [1.54, 1.807) is 48.7 Å². The van der Waals surface area contributed by atoms with E-state index in [1.165, 1.54) is 5.57 Å². The number of ether oxygens (including phenoxy) is 1. The number of rotatable bonds is 9. The predicted octanol–water partition coefficient (Wildman–Crippen LogP) is 4.72. The van der Waals surface area contributed by atoms with Gasteiger partial charge in [0.2, 0.25) is 5.91 Å². The highest BCUT2D eigenvalue weighted by Gasteiger charge is 2.33. The number of hydrogen-bond donors (Lipinski definition) is 1. The van der Waals surface area contributed by atoms with Crippen LogP contribution in [0.1, 0.15) is 49.5 Å². The van der Waals surface area contributed by atoms with E-state index in [-0.39, 0.29) is 23.7 Å². The highest BCUT2D eigenvalue weighted by atomic mass is 16.5. The quantitative estimate of drug-likeness (QED) is 0.546. The van der Waals surface area contributed by atoms with Crippen molar-refractivity contribution >= 4 is 11.8 Å². The van der Waals surface area contributed by atoms with Crippen molar-refractivity contribution in [2.75, 3.05) is 20.7 Å². The summed E-state index contributed by atoms with van der Waals surface area (Å²) in [7, 11) is 3.47. The molecule has 182 valence electrons. The summed E-state index contributed by atoms with van der Waals surface area (Å²) in [6, 6.07) is 11.0. The van der Waals surface area contributed by atoms with Gasteiger partial charge in [-0.3, -0.25) is 14.6 Å². The van der Waals surface area contributed by atoms with Gasteiger partial charge in [-0.05, 0) is 72.9 Å². The average molecular weight is 464 g/mol. The molecule has 0 radical (unpaired) electrons. The zero-order valence-electron chi connectivity index (χ0n) is 21.0. The minimum Gasteiger partial charge on any atom is -0.497 e. The van der Waals surface area contributed by atoms with Crippen LogP contribution in [0, 0.1) is 23.7 Å². The Morgan fingerprint density at radius 2 is 1.94 bits per heavy atom. The van der Waals surface area contributed by atoms with Gasteiger partial charge in [-0.25, -0.2) is 0 Å². The number of hydrogen-bond acceptors (Lipinski definition) is 4. The molecule has 1 heterocycles. The van der Waals surface area contributed by atoms with E-state index in [2.05, 4.69) is 37.1 Å². The third-order valence-electron chi connectivity index (χ3n) is 6.92. The maximum atomic E-state index is 12.9. The highest BCUT2D eigenvalue weighted by Crippen LogP contribution is 2.39. The van der Waals surface area contributed by atoms with Gasteiger partial charge in [-0.1, -0.05) is 31.6 Å². The predicted molar refractivity (Wildman–Crippen MR) is 134 cm³/mol. The minimum absolute atomic E-state index is 0.0782. The number of allylic oxidation sites excluding steroid dienone is 1. The average Bonchev–Trinajstić information content (AvgIpc) is 2.84. The van der Waals surface area contributed by atoms with Crippen LogP contribution < -0.4 is 10.1 Å². The molecule has 3 atom stereocenters. The summed E-state index contributed by atoms with van der Waals surface area (Å²) in [6.07, 6.45) is 7.28. The van der Waals surface area contributed by atoms with Crippen molar-refractivity contribution in [3.8, 4) is 5.75 Å². The Hall–Kier alpha value is -3.15. The van der Waals surface area contributed by atoms with E-state index in [0.29, 0.717) is 36.9 Å². The molecule has 0 aliphatic heterocycles. The Balaban J connectivity index is 1.61. The molecule has 0 bridgehead atoms.